The molecule has 0 spiro atoms. The fourth-order valence-corrected chi connectivity index (χ4v) is 4.40. The summed E-state index contributed by atoms with van der Waals surface area (Å²) in [4.78, 5) is 16.0. The van der Waals surface area contributed by atoms with E-state index in [1.165, 1.54) is 10.5 Å². The quantitative estimate of drug-likeness (QED) is 0.832. The van der Waals surface area contributed by atoms with Gasteiger partial charge in [-0.25, -0.2) is 0 Å². The second-order valence-electron chi connectivity index (χ2n) is 6.59. The van der Waals surface area contributed by atoms with Crippen LogP contribution >= 0.6 is 11.8 Å². The van der Waals surface area contributed by atoms with Crippen molar-refractivity contribution in [3.05, 3.63) is 48.3 Å². The number of hydrogen-bond donors (Lipinski definition) is 0. The third kappa shape index (κ3) is 4.41. The number of aromatic nitrogens is 2. The smallest absolute Gasteiger partial charge is 0.227 e. The van der Waals surface area contributed by atoms with E-state index in [-0.39, 0.29) is 11.8 Å². The molecule has 1 fully saturated rings. The summed E-state index contributed by atoms with van der Waals surface area (Å²) in [6, 6.07) is 10.6. The first kappa shape index (κ1) is 17.1. The van der Waals surface area contributed by atoms with Crippen molar-refractivity contribution >= 4 is 17.7 Å². The molecule has 1 aliphatic rings. The van der Waals surface area contributed by atoms with Crippen molar-refractivity contribution in [2.75, 3.05) is 13.1 Å². The van der Waals surface area contributed by atoms with Crippen molar-refractivity contribution < 1.29 is 4.79 Å². The molecule has 0 saturated carbocycles. The Kier molecular flexibility index (Phi) is 5.61. The number of hydrogen-bond acceptors (Lipinski definition) is 3. The van der Waals surface area contributed by atoms with Gasteiger partial charge >= 0.3 is 0 Å². The molecule has 1 atom stereocenters. The molecule has 0 N–H and O–H groups in total. The highest BCUT2D eigenvalue weighted by Gasteiger charge is 2.26. The van der Waals surface area contributed by atoms with Gasteiger partial charge in [-0.3, -0.25) is 9.48 Å². The Morgan fingerprint density at radius 2 is 2.12 bits per heavy atom. The van der Waals surface area contributed by atoms with Crippen LogP contribution in [0.4, 0.5) is 0 Å². The summed E-state index contributed by atoms with van der Waals surface area (Å²) in [5.41, 5.74) is 1.31. The number of benzene rings is 1. The van der Waals surface area contributed by atoms with Crippen molar-refractivity contribution in [2.24, 2.45) is 5.92 Å². The van der Waals surface area contributed by atoms with Crippen LogP contribution in [0.5, 0.6) is 0 Å². The van der Waals surface area contributed by atoms with Gasteiger partial charge in [0.1, 0.15) is 0 Å². The SMILES string of the molecule is Cc1cccc(SC2CCN(C(=O)[C@H](C)Cn3cccn3)CC2)c1. The first-order valence-electron chi connectivity index (χ1n) is 8.61. The lowest BCUT2D eigenvalue weighted by molar-refractivity contribution is -0.136. The first-order valence-corrected chi connectivity index (χ1v) is 9.49. The molecule has 5 heteroatoms. The topological polar surface area (TPSA) is 38.1 Å². The fraction of sp³-hybridized carbons (Fsp3) is 0.474. The zero-order valence-electron chi connectivity index (χ0n) is 14.4. The summed E-state index contributed by atoms with van der Waals surface area (Å²) >= 11 is 1.95. The van der Waals surface area contributed by atoms with Gasteiger partial charge in [-0.15, -0.1) is 11.8 Å². The van der Waals surface area contributed by atoms with Crippen LogP contribution in [0.3, 0.4) is 0 Å². The van der Waals surface area contributed by atoms with E-state index in [1.807, 2.05) is 40.5 Å². The van der Waals surface area contributed by atoms with Gasteiger partial charge < -0.3 is 4.90 Å². The van der Waals surface area contributed by atoms with Gasteiger partial charge in [0.2, 0.25) is 5.91 Å². The summed E-state index contributed by atoms with van der Waals surface area (Å²) in [5.74, 6) is 0.232. The van der Waals surface area contributed by atoms with Crippen LogP contribution in [-0.2, 0) is 11.3 Å². The van der Waals surface area contributed by atoms with Gasteiger partial charge in [0.25, 0.3) is 0 Å². The molecule has 0 bridgehead atoms. The number of rotatable bonds is 5. The van der Waals surface area contributed by atoms with E-state index in [2.05, 4.69) is 36.3 Å². The lowest BCUT2D eigenvalue weighted by Crippen LogP contribution is -2.42. The van der Waals surface area contributed by atoms with Crippen LogP contribution in [0.1, 0.15) is 25.3 Å². The van der Waals surface area contributed by atoms with Crippen LogP contribution < -0.4 is 0 Å². The number of nitrogens with zero attached hydrogens (tertiary/aromatic N) is 3. The van der Waals surface area contributed by atoms with E-state index in [0.717, 1.165) is 25.9 Å². The first-order chi connectivity index (χ1) is 11.6. The highest BCUT2D eigenvalue weighted by Crippen LogP contribution is 2.31. The standard InChI is InChI=1S/C19H25N3OS/c1-15-5-3-6-18(13-15)24-17-7-11-21(12-8-17)19(23)16(2)14-22-10-4-9-20-22/h3-6,9-10,13,16-17H,7-8,11-12,14H2,1-2H3/t16-/m1/s1. The van der Waals surface area contributed by atoms with Gasteiger partial charge in [-0.05, 0) is 38.0 Å². The van der Waals surface area contributed by atoms with Crippen LogP contribution in [0.15, 0.2) is 47.6 Å². The van der Waals surface area contributed by atoms with Crippen molar-refractivity contribution in [3.8, 4) is 0 Å². The van der Waals surface area contributed by atoms with Crippen molar-refractivity contribution in [1.82, 2.24) is 14.7 Å². The fourth-order valence-electron chi connectivity index (χ4n) is 3.15. The van der Waals surface area contributed by atoms with E-state index in [1.54, 1.807) is 6.20 Å². The number of carbonyl (C=O) groups is 1. The van der Waals surface area contributed by atoms with Crippen LogP contribution in [0.25, 0.3) is 0 Å². The Labute approximate surface area is 148 Å². The molecule has 0 unspecified atom stereocenters. The second-order valence-corrected chi connectivity index (χ2v) is 7.96. The Morgan fingerprint density at radius 3 is 2.79 bits per heavy atom. The Balaban J connectivity index is 1.48. The molecule has 3 rings (SSSR count). The molecule has 1 aromatic carbocycles. The second kappa shape index (κ2) is 7.88. The minimum atomic E-state index is -0.0223. The normalized spacial score (nSPS) is 17.0. The molecule has 2 heterocycles. The maximum absolute atomic E-state index is 12.6. The van der Waals surface area contributed by atoms with E-state index >= 15 is 0 Å². The zero-order chi connectivity index (χ0) is 16.9. The van der Waals surface area contributed by atoms with Crippen molar-refractivity contribution in [1.29, 1.82) is 0 Å². The maximum Gasteiger partial charge on any atom is 0.227 e. The van der Waals surface area contributed by atoms with Gasteiger partial charge in [0.15, 0.2) is 0 Å². The van der Waals surface area contributed by atoms with E-state index in [9.17, 15) is 4.79 Å². The molecule has 24 heavy (non-hydrogen) atoms. The van der Waals surface area contributed by atoms with E-state index in [0.29, 0.717) is 11.8 Å². The third-order valence-electron chi connectivity index (χ3n) is 4.49. The minimum absolute atomic E-state index is 0.0223. The minimum Gasteiger partial charge on any atom is -0.342 e. The summed E-state index contributed by atoms with van der Waals surface area (Å²) in [7, 11) is 0. The summed E-state index contributed by atoms with van der Waals surface area (Å²) in [6.07, 6.45) is 5.80. The molecule has 1 aliphatic heterocycles. The predicted octanol–water partition coefficient (Wildman–Crippen LogP) is 3.61. The Bertz CT molecular complexity index is 663. The highest BCUT2D eigenvalue weighted by molar-refractivity contribution is 8.00. The van der Waals surface area contributed by atoms with E-state index < -0.39 is 0 Å². The van der Waals surface area contributed by atoms with E-state index in [4.69, 9.17) is 0 Å². The number of carbonyl (C=O) groups excluding carboxylic acids is 1. The molecule has 1 aromatic heterocycles. The maximum atomic E-state index is 12.6. The Morgan fingerprint density at radius 1 is 1.33 bits per heavy atom. The third-order valence-corrected chi connectivity index (χ3v) is 5.82. The van der Waals surface area contributed by atoms with Gasteiger partial charge in [0, 0.05) is 35.6 Å². The largest absolute Gasteiger partial charge is 0.342 e. The molecule has 4 nitrogen and oxygen atoms in total. The molecule has 2 aromatic rings. The number of thioether (sulfide) groups is 1. The number of amides is 1. The van der Waals surface area contributed by atoms with Gasteiger partial charge in [-0.1, -0.05) is 24.6 Å². The molecule has 128 valence electrons. The number of piperidine rings is 1. The van der Waals surface area contributed by atoms with Crippen LogP contribution in [0, 0.1) is 12.8 Å². The predicted molar refractivity (Wildman–Crippen MR) is 98.0 cm³/mol. The number of aryl methyl sites for hydroxylation is 1. The monoisotopic (exact) mass is 343 g/mol. The van der Waals surface area contributed by atoms with Gasteiger partial charge in [0.05, 0.1) is 12.5 Å². The molecule has 1 amide bonds. The van der Waals surface area contributed by atoms with Crippen LogP contribution in [0.2, 0.25) is 0 Å². The van der Waals surface area contributed by atoms with Crippen LogP contribution in [-0.4, -0.2) is 38.9 Å². The Hall–Kier alpha value is -1.75. The summed E-state index contributed by atoms with van der Waals surface area (Å²) in [5, 5.41) is 4.80. The van der Waals surface area contributed by atoms with Gasteiger partial charge in [-0.2, -0.15) is 5.10 Å². The zero-order valence-corrected chi connectivity index (χ0v) is 15.2. The molecular weight excluding hydrogens is 318 g/mol. The number of likely N-dealkylation sites (tertiary alicyclic amines) is 1. The average Bonchev–Trinajstić information content (AvgIpc) is 3.08. The van der Waals surface area contributed by atoms with Crippen molar-refractivity contribution in [2.45, 2.75) is 43.4 Å². The molecule has 1 saturated heterocycles. The summed E-state index contributed by atoms with van der Waals surface area (Å²) in [6.45, 7) is 6.52. The molecule has 0 aliphatic carbocycles. The lowest BCUT2D eigenvalue weighted by atomic mass is 10.1. The lowest BCUT2D eigenvalue weighted by Gasteiger charge is -2.33. The average molecular weight is 343 g/mol. The van der Waals surface area contributed by atoms with Crippen molar-refractivity contribution in [3.63, 3.8) is 0 Å². The molecular formula is C19H25N3OS. The highest BCUT2D eigenvalue weighted by atomic mass is 32.2. The summed E-state index contributed by atoms with van der Waals surface area (Å²) < 4.78 is 1.84. The molecule has 0 radical (unpaired) electrons.